The van der Waals surface area contributed by atoms with Crippen LogP contribution in [0.5, 0.6) is 0 Å². The van der Waals surface area contributed by atoms with Crippen molar-refractivity contribution in [2.24, 2.45) is 0 Å². The van der Waals surface area contributed by atoms with Gasteiger partial charge in [0.05, 0.1) is 17.5 Å². The lowest BCUT2D eigenvalue weighted by Crippen LogP contribution is -2.32. The first-order chi connectivity index (χ1) is 9.11. The number of H-pyrrole nitrogens is 1. The zero-order valence-corrected chi connectivity index (χ0v) is 11.7. The molecule has 0 aliphatic rings. The highest BCUT2D eigenvalue weighted by Gasteiger charge is 2.16. The number of aromatic nitrogens is 2. The van der Waals surface area contributed by atoms with Crippen LogP contribution in [0.4, 0.5) is 0 Å². The Hall–Kier alpha value is -1.81. The number of hydrogen-bond acceptors (Lipinski definition) is 2. The summed E-state index contributed by atoms with van der Waals surface area (Å²) in [5.41, 5.74) is 2.14. The molecule has 0 radical (unpaired) electrons. The first kappa shape index (κ1) is 13.6. The van der Waals surface area contributed by atoms with E-state index < -0.39 is 0 Å². The molecular weight excluding hydrogens is 262 g/mol. The van der Waals surface area contributed by atoms with Gasteiger partial charge in [0.2, 0.25) is 0 Å². The number of nitrogens with one attached hydrogen (secondary N) is 2. The van der Waals surface area contributed by atoms with E-state index in [4.69, 9.17) is 11.6 Å². The Kier molecular flexibility index (Phi) is 4.22. The van der Waals surface area contributed by atoms with Gasteiger partial charge in [-0.1, -0.05) is 30.7 Å². The highest BCUT2D eigenvalue weighted by Crippen LogP contribution is 2.22. The molecule has 2 N–H and O–H groups in total. The Morgan fingerprint density at radius 1 is 1.42 bits per heavy atom. The summed E-state index contributed by atoms with van der Waals surface area (Å²) in [6, 6.07) is 7.42. The van der Waals surface area contributed by atoms with E-state index in [1.54, 1.807) is 18.3 Å². The Labute approximate surface area is 117 Å². The molecule has 1 heterocycles. The number of carbonyl (C=O) groups is 1. The third kappa shape index (κ3) is 3.15. The van der Waals surface area contributed by atoms with Crippen LogP contribution in [0.3, 0.4) is 0 Å². The summed E-state index contributed by atoms with van der Waals surface area (Å²) in [6.07, 6.45) is 2.43. The molecule has 4 nitrogen and oxygen atoms in total. The Morgan fingerprint density at radius 3 is 2.74 bits per heavy atom. The van der Waals surface area contributed by atoms with Gasteiger partial charge in [-0.3, -0.25) is 9.89 Å². The molecule has 1 aromatic heterocycles. The van der Waals surface area contributed by atoms with Crippen molar-refractivity contribution in [2.45, 2.75) is 26.3 Å². The molecule has 1 atom stereocenters. The monoisotopic (exact) mass is 277 g/mol. The maximum atomic E-state index is 12.1. The van der Waals surface area contributed by atoms with E-state index in [1.165, 1.54) is 0 Å². The third-order valence-corrected chi connectivity index (χ3v) is 3.26. The zero-order valence-electron chi connectivity index (χ0n) is 10.9. The predicted octanol–water partition coefficient (Wildman–Crippen LogP) is 3.26. The van der Waals surface area contributed by atoms with Gasteiger partial charge in [0.1, 0.15) is 0 Å². The Bertz CT molecular complexity index is 562. The van der Waals surface area contributed by atoms with Crippen LogP contribution in [-0.2, 0) is 0 Å². The van der Waals surface area contributed by atoms with Gasteiger partial charge in [-0.2, -0.15) is 5.10 Å². The molecule has 1 amide bonds. The van der Waals surface area contributed by atoms with E-state index in [9.17, 15) is 4.79 Å². The summed E-state index contributed by atoms with van der Waals surface area (Å²) in [4.78, 5) is 12.1. The summed E-state index contributed by atoms with van der Waals surface area (Å²) in [5, 5.41) is 10.4. The normalized spacial score (nSPS) is 12.2. The van der Waals surface area contributed by atoms with E-state index in [1.807, 2.05) is 26.0 Å². The largest absolute Gasteiger partial charge is 0.349 e. The second-order valence-corrected chi connectivity index (χ2v) is 4.88. The van der Waals surface area contributed by atoms with Crippen LogP contribution in [-0.4, -0.2) is 22.1 Å². The lowest BCUT2D eigenvalue weighted by molar-refractivity contribution is 0.0940. The van der Waals surface area contributed by atoms with Crippen LogP contribution in [0.25, 0.3) is 11.3 Å². The van der Waals surface area contributed by atoms with E-state index in [-0.39, 0.29) is 11.9 Å². The molecule has 2 rings (SSSR count). The van der Waals surface area contributed by atoms with Gasteiger partial charge in [0, 0.05) is 16.6 Å². The van der Waals surface area contributed by atoms with Crippen LogP contribution in [0, 0.1) is 0 Å². The molecule has 0 saturated heterocycles. The van der Waals surface area contributed by atoms with Gasteiger partial charge >= 0.3 is 0 Å². The maximum absolute atomic E-state index is 12.1. The molecule has 0 aliphatic carbocycles. The fourth-order valence-corrected chi connectivity index (χ4v) is 1.82. The molecule has 0 saturated carbocycles. The van der Waals surface area contributed by atoms with Crippen molar-refractivity contribution in [3.8, 4) is 11.3 Å². The standard InChI is InChI=1S/C14H16ClN3O/c1-3-9(2)17-14(19)12-8-16-18-13(12)10-4-6-11(15)7-5-10/h4-9H,3H2,1-2H3,(H,16,18)(H,17,19). The van der Waals surface area contributed by atoms with E-state index in [0.717, 1.165) is 12.0 Å². The summed E-state index contributed by atoms with van der Waals surface area (Å²) in [6.45, 7) is 4.00. The lowest BCUT2D eigenvalue weighted by Gasteiger charge is -2.11. The van der Waals surface area contributed by atoms with Crippen LogP contribution in [0.2, 0.25) is 5.02 Å². The van der Waals surface area contributed by atoms with Crippen LogP contribution in [0.1, 0.15) is 30.6 Å². The second-order valence-electron chi connectivity index (χ2n) is 4.45. The zero-order chi connectivity index (χ0) is 13.8. The first-order valence-electron chi connectivity index (χ1n) is 6.22. The minimum absolute atomic E-state index is 0.118. The number of hydrogen-bond donors (Lipinski definition) is 2. The maximum Gasteiger partial charge on any atom is 0.255 e. The highest BCUT2D eigenvalue weighted by molar-refractivity contribution is 6.30. The van der Waals surface area contributed by atoms with Crippen LogP contribution in [0.15, 0.2) is 30.5 Å². The molecule has 100 valence electrons. The van der Waals surface area contributed by atoms with Crippen molar-refractivity contribution in [1.29, 1.82) is 0 Å². The number of carbonyl (C=O) groups excluding carboxylic acids is 1. The van der Waals surface area contributed by atoms with E-state index >= 15 is 0 Å². The van der Waals surface area contributed by atoms with Crippen LogP contribution >= 0.6 is 11.6 Å². The first-order valence-corrected chi connectivity index (χ1v) is 6.59. The molecule has 2 aromatic rings. The fourth-order valence-electron chi connectivity index (χ4n) is 1.70. The Morgan fingerprint density at radius 2 is 2.11 bits per heavy atom. The van der Waals surface area contributed by atoms with Crippen molar-refractivity contribution in [3.05, 3.63) is 41.0 Å². The Balaban J connectivity index is 2.27. The number of benzene rings is 1. The molecule has 0 aliphatic heterocycles. The molecular formula is C14H16ClN3O. The number of rotatable bonds is 4. The number of halogens is 1. The molecule has 0 fully saturated rings. The van der Waals surface area contributed by atoms with Gasteiger partial charge < -0.3 is 5.32 Å². The molecule has 0 spiro atoms. The van der Waals surface area contributed by atoms with Gasteiger partial charge in [-0.25, -0.2) is 0 Å². The summed E-state index contributed by atoms with van der Waals surface area (Å²) < 4.78 is 0. The van der Waals surface area contributed by atoms with Crippen molar-refractivity contribution >= 4 is 17.5 Å². The van der Waals surface area contributed by atoms with Gasteiger partial charge in [0.15, 0.2) is 0 Å². The molecule has 1 unspecified atom stereocenters. The van der Waals surface area contributed by atoms with Crippen molar-refractivity contribution in [2.75, 3.05) is 0 Å². The van der Waals surface area contributed by atoms with Crippen molar-refractivity contribution < 1.29 is 4.79 Å². The number of aromatic amines is 1. The minimum atomic E-state index is -0.118. The predicted molar refractivity (Wildman–Crippen MR) is 76.3 cm³/mol. The van der Waals surface area contributed by atoms with Gasteiger partial charge in [0.25, 0.3) is 5.91 Å². The number of nitrogens with zero attached hydrogens (tertiary/aromatic N) is 1. The lowest BCUT2D eigenvalue weighted by atomic mass is 10.1. The van der Waals surface area contributed by atoms with Gasteiger partial charge in [-0.15, -0.1) is 0 Å². The van der Waals surface area contributed by atoms with Crippen LogP contribution < -0.4 is 5.32 Å². The average Bonchev–Trinajstić information content (AvgIpc) is 2.88. The molecule has 1 aromatic carbocycles. The molecule has 19 heavy (non-hydrogen) atoms. The number of amides is 1. The average molecular weight is 278 g/mol. The second kappa shape index (κ2) is 5.89. The van der Waals surface area contributed by atoms with E-state index in [0.29, 0.717) is 16.3 Å². The third-order valence-electron chi connectivity index (χ3n) is 3.01. The minimum Gasteiger partial charge on any atom is -0.349 e. The summed E-state index contributed by atoms with van der Waals surface area (Å²) in [7, 11) is 0. The summed E-state index contributed by atoms with van der Waals surface area (Å²) in [5.74, 6) is -0.118. The van der Waals surface area contributed by atoms with Crippen molar-refractivity contribution in [1.82, 2.24) is 15.5 Å². The topological polar surface area (TPSA) is 57.8 Å². The fraction of sp³-hybridized carbons (Fsp3) is 0.286. The SMILES string of the molecule is CCC(C)NC(=O)c1cn[nH]c1-c1ccc(Cl)cc1. The summed E-state index contributed by atoms with van der Waals surface area (Å²) >= 11 is 5.86. The highest BCUT2D eigenvalue weighted by atomic mass is 35.5. The molecule has 5 heteroatoms. The van der Waals surface area contributed by atoms with Crippen molar-refractivity contribution in [3.63, 3.8) is 0 Å². The quantitative estimate of drug-likeness (QED) is 0.901. The molecule has 0 bridgehead atoms. The van der Waals surface area contributed by atoms with Gasteiger partial charge in [-0.05, 0) is 25.5 Å². The smallest absolute Gasteiger partial charge is 0.255 e. The van der Waals surface area contributed by atoms with E-state index in [2.05, 4.69) is 15.5 Å².